The molecule has 0 radical (unpaired) electrons. The van der Waals surface area contributed by atoms with Gasteiger partial charge in [-0.2, -0.15) is 0 Å². The summed E-state index contributed by atoms with van der Waals surface area (Å²) in [5.41, 5.74) is 3.11. The molecule has 0 saturated heterocycles. The molecule has 18 heavy (non-hydrogen) atoms. The predicted molar refractivity (Wildman–Crippen MR) is 72.6 cm³/mol. The Morgan fingerprint density at radius 2 is 1.61 bits per heavy atom. The minimum Gasteiger partial charge on any atom is -0.383 e. The van der Waals surface area contributed by atoms with E-state index in [9.17, 15) is 4.39 Å². The van der Waals surface area contributed by atoms with Gasteiger partial charge in [0.2, 0.25) is 0 Å². The van der Waals surface area contributed by atoms with Gasteiger partial charge in [0, 0.05) is 19.0 Å². The highest BCUT2D eigenvalue weighted by Crippen LogP contribution is 2.28. The molecule has 0 amide bonds. The van der Waals surface area contributed by atoms with Crippen molar-refractivity contribution in [1.82, 2.24) is 0 Å². The first-order valence-corrected chi connectivity index (χ1v) is 6.15. The molecule has 0 bridgehead atoms. The van der Waals surface area contributed by atoms with Crippen LogP contribution in [0.15, 0.2) is 48.5 Å². The molecule has 1 aliphatic rings. The van der Waals surface area contributed by atoms with E-state index in [4.69, 9.17) is 0 Å². The van der Waals surface area contributed by atoms with E-state index in [1.165, 1.54) is 17.7 Å². The fraction of sp³-hybridized carbons (Fsp3) is 0.200. The van der Waals surface area contributed by atoms with E-state index in [1.54, 1.807) is 6.07 Å². The molecule has 0 aromatic heterocycles. The fourth-order valence-electron chi connectivity index (χ4n) is 2.32. The van der Waals surface area contributed by atoms with Gasteiger partial charge in [-0.15, -0.1) is 0 Å². The third kappa shape index (κ3) is 2.16. The maximum Gasteiger partial charge on any atom is 0.125 e. The summed E-state index contributed by atoms with van der Waals surface area (Å²) in [5, 5.41) is 6.68. The van der Waals surface area contributed by atoms with Crippen molar-refractivity contribution in [3.05, 3.63) is 59.9 Å². The van der Waals surface area contributed by atoms with Gasteiger partial charge in [0.15, 0.2) is 0 Å². The maximum atomic E-state index is 13.2. The van der Waals surface area contributed by atoms with Gasteiger partial charge in [0.05, 0.1) is 11.4 Å². The molecule has 0 spiro atoms. The first-order valence-electron chi connectivity index (χ1n) is 6.15. The first kappa shape index (κ1) is 11.1. The number of halogens is 1. The van der Waals surface area contributed by atoms with E-state index in [2.05, 4.69) is 22.8 Å². The Bertz CT molecular complexity index is 539. The Kier molecular flexibility index (Phi) is 2.89. The van der Waals surface area contributed by atoms with E-state index < -0.39 is 0 Å². The van der Waals surface area contributed by atoms with Gasteiger partial charge in [0.25, 0.3) is 0 Å². The zero-order chi connectivity index (χ0) is 12.4. The summed E-state index contributed by atoms with van der Waals surface area (Å²) >= 11 is 0. The summed E-state index contributed by atoms with van der Waals surface area (Å²) < 4.78 is 13.2. The van der Waals surface area contributed by atoms with E-state index in [0.29, 0.717) is 5.92 Å². The van der Waals surface area contributed by atoms with Crippen LogP contribution >= 0.6 is 0 Å². The van der Waals surface area contributed by atoms with Crippen LogP contribution in [0, 0.1) is 5.82 Å². The topological polar surface area (TPSA) is 24.1 Å². The molecule has 0 saturated carbocycles. The molecule has 1 atom stereocenters. The highest BCUT2D eigenvalue weighted by molar-refractivity contribution is 5.69. The maximum absolute atomic E-state index is 13.2. The summed E-state index contributed by atoms with van der Waals surface area (Å²) in [5.74, 6) is 0.183. The molecule has 3 rings (SSSR count). The Labute approximate surface area is 106 Å². The van der Waals surface area contributed by atoms with Crippen LogP contribution in [-0.2, 0) is 0 Å². The Morgan fingerprint density at radius 3 is 2.39 bits per heavy atom. The monoisotopic (exact) mass is 242 g/mol. The van der Waals surface area contributed by atoms with Crippen molar-refractivity contribution < 1.29 is 4.39 Å². The fourth-order valence-corrected chi connectivity index (χ4v) is 2.32. The SMILES string of the molecule is Fc1ccc2c(c1)NCC(c1ccccc1)CN2. The number of hydrogen-bond acceptors (Lipinski definition) is 2. The van der Waals surface area contributed by atoms with Gasteiger partial charge in [-0.25, -0.2) is 4.39 Å². The van der Waals surface area contributed by atoms with Gasteiger partial charge in [-0.3, -0.25) is 0 Å². The zero-order valence-corrected chi connectivity index (χ0v) is 9.99. The lowest BCUT2D eigenvalue weighted by molar-refractivity contribution is 0.628. The second kappa shape index (κ2) is 4.69. The van der Waals surface area contributed by atoms with Crippen molar-refractivity contribution in [2.45, 2.75) is 5.92 Å². The van der Waals surface area contributed by atoms with Crippen molar-refractivity contribution in [2.24, 2.45) is 0 Å². The van der Waals surface area contributed by atoms with Crippen molar-refractivity contribution >= 4 is 11.4 Å². The van der Waals surface area contributed by atoms with E-state index in [1.807, 2.05) is 18.2 Å². The van der Waals surface area contributed by atoms with Crippen LogP contribution in [0.5, 0.6) is 0 Å². The molecular weight excluding hydrogens is 227 g/mol. The highest BCUT2D eigenvalue weighted by Gasteiger charge is 2.16. The lowest BCUT2D eigenvalue weighted by Crippen LogP contribution is -2.16. The molecule has 92 valence electrons. The predicted octanol–water partition coefficient (Wildman–Crippen LogP) is 3.45. The van der Waals surface area contributed by atoms with Crippen LogP contribution in [-0.4, -0.2) is 13.1 Å². The van der Waals surface area contributed by atoms with Crippen LogP contribution in [0.1, 0.15) is 11.5 Å². The van der Waals surface area contributed by atoms with Gasteiger partial charge in [-0.1, -0.05) is 30.3 Å². The average molecular weight is 242 g/mol. The molecule has 0 aliphatic carbocycles. The number of hydrogen-bond donors (Lipinski definition) is 2. The van der Waals surface area contributed by atoms with Crippen molar-refractivity contribution in [3.8, 4) is 0 Å². The molecule has 0 fully saturated rings. The van der Waals surface area contributed by atoms with Gasteiger partial charge < -0.3 is 10.6 Å². The number of rotatable bonds is 1. The van der Waals surface area contributed by atoms with E-state index in [0.717, 1.165) is 24.5 Å². The second-order valence-corrected chi connectivity index (χ2v) is 4.56. The van der Waals surface area contributed by atoms with Crippen molar-refractivity contribution in [3.63, 3.8) is 0 Å². The van der Waals surface area contributed by atoms with Crippen LogP contribution in [0.2, 0.25) is 0 Å². The second-order valence-electron chi connectivity index (χ2n) is 4.56. The first-order chi connectivity index (χ1) is 8.83. The molecule has 1 heterocycles. The lowest BCUT2D eigenvalue weighted by atomic mass is 9.99. The third-order valence-electron chi connectivity index (χ3n) is 3.33. The molecule has 1 unspecified atom stereocenters. The van der Waals surface area contributed by atoms with Crippen LogP contribution in [0.25, 0.3) is 0 Å². The molecule has 2 nitrogen and oxygen atoms in total. The number of benzene rings is 2. The minimum absolute atomic E-state index is 0.207. The highest BCUT2D eigenvalue weighted by atomic mass is 19.1. The minimum atomic E-state index is -0.207. The Hall–Kier alpha value is -2.03. The average Bonchev–Trinajstić information content (AvgIpc) is 2.62. The molecule has 1 aliphatic heterocycles. The standard InChI is InChI=1S/C15H15FN2/c16-13-6-7-14-15(8-13)18-10-12(9-17-14)11-4-2-1-3-5-11/h1-8,12,17-18H,9-10H2. The summed E-state index contributed by atoms with van der Waals surface area (Å²) in [6.07, 6.45) is 0. The molecule has 2 N–H and O–H groups in total. The van der Waals surface area contributed by atoms with Gasteiger partial charge in [0.1, 0.15) is 5.82 Å². The molecule has 2 aromatic carbocycles. The Morgan fingerprint density at radius 1 is 0.889 bits per heavy atom. The lowest BCUT2D eigenvalue weighted by Gasteiger charge is -2.14. The number of anilines is 2. The molecule has 2 aromatic rings. The van der Waals surface area contributed by atoms with Crippen molar-refractivity contribution in [1.29, 1.82) is 0 Å². The third-order valence-corrected chi connectivity index (χ3v) is 3.33. The van der Waals surface area contributed by atoms with Crippen LogP contribution in [0.4, 0.5) is 15.8 Å². The number of fused-ring (bicyclic) bond motifs is 1. The molecular formula is C15H15FN2. The zero-order valence-electron chi connectivity index (χ0n) is 9.99. The smallest absolute Gasteiger partial charge is 0.125 e. The summed E-state index contributed by atoms with van der Waals surface area (Å²) in [6.45, 7) is 1.67. The summed E-state index contributed by atoms with van der Waals surface area (Å²) in [7, 11) is 0. The van der Waals surface area contributed by atoms with Gasteiger partial charge >= 0.3 is 0 Å². The van der Waals surface area contributed by atoms with Crippen LogP contribution in [0.3, 0.4) is 0 Å². The Balaban J connectivity index is 1.83. The largest absolute Gasteiger partial charge is 0.383 e. The van der Waals surface area contributed by atoms with E-state index >= 15 is 0 Å². The summed E-state index contributed by atoms with van der Waals surface area (Å²) in [6, 6.07) is 15.2. The molecule has 3 heteroatoms. The summed E-state index contributed by atoms with van der Waals surface area (Å²) in [4.78, 5) is 0. The quantitative estimate of drug-likeness (QED) is 0.800. The van der Waals surface area contributed by atoms with Crippen LogP contribution < -0.4 is 10.6 Å². The van der Waals surface area contributed by atoms with Crippen molar-refractivity contribution in [2.75, 3.05) is 23.7 Å². The van der Waals surface area contributed by atoms with Gasteiger partial charge in [-0.05, 0) is 23.8 Å². The number of nitrogens with one attached hydrogen (secondary N) is 2. The van der Waals surface area contributed by atoms with E-state index in [-0.39, 0.29) is 5.82 Å². The normalized spacial score (nSPS) is 18.2.